The van der Waals surface area contributed by atoms with E-state index in [9.17, 15) is 42.3 Å². The second-order valence-electron chi connectivity index (χ2n) is 12.7. The van der Waals surface area contributed by atoms with E-state index >= 15 is 4.39 Å². The third-order valence-electron chi connectivity index (χ3n) is 9.36. The lowest BCUT2D eigenvalue weighted by Gasteiger charge is -2.38. The first-order valence-electron chi connectivity index (χ1n) is 16.1. The van der Waals surface area contributed by atoms with E-state index < -0.39 is 75.6 Å². The van der Waals surface area contributed by atoms with Crippen molar-refractivity contribution in [1.29, 1.82) is 0 Å². The number of likely N-dealkylation sites (tertiary alicyclic amines) is 1. The number of aromatic hydroxyl groups is 1. The van der Waals surface area contributed by atoms with E-state index in [-0.39, 0.29) is 66.1 Å². The van der Waals surface area contributed by atoms with Crippen molar-refractivity contribution in [2.75, 3.05) is 34.6 Å². The van der Waals surface area contributed by atoms with E-state index in [1.807, 2.05) is 0 Å². The first-order chi connectivity index (χ1) is 25.3. The normalized spacial score (nSPS) is 19.7. The fourth-order valence-electron chi connectivity index (χ4n) is 6.71. The Bertz CT molecular complexity index is 2430. The quantitative estimate of drug-likeness (QED) is 0.163. The van der Waals surface area contributed by atoms with Crippen LogP contribution in [0.5, 0.6) is 5.75 Å². The molecule has 4 aromatic rings. The molecule has 4 aliphatic rings. The summed E-state index contributed by atoms with van der Waals surface area (Å²) in [6.45, 7) is 0.00994. The molecule has 3 saturated heterocycles. The number of nitrogens with one attached hydrogen (secondary N) is 4. The van der Waals surface area contributed by atoms with E-state index in [0.29, 0.717) is 15.7 Å². The molecule has 5 heterocycles. The van der Waals surface area contributed by atoms with Gasteiger partial charge in [-0.05, 0) is 48.2 Å². The van der Waals surface area contributed by atoms with Crippen LogP contribution < -0.4 is 25.0 Å². The van der Waals surface area contributed by atoms with Crippen molar-refractivity contribution in [2.45, 2.75) is 31.5 Å². The number of benzene rings is 3. The van der Waals surface area contributed by atoms with Crippen molar-refractivity contribution in [3.8, 4) is 5.75 Å². The summed E-state index contributed by atoms with van der Waals surface area (Å²) < 4.78 is 43.6. The average molecular weight is 747 g/mol. The summed E-state index contributed by atoms with van der Waals surface area (Å²) in [4.78, 5) is 77.4. The molecule has 5 N–H and O–H groups in total. The van der Waals surface area contributed by atoms with Gasteiger partial charge in [-0.1, -0.05) is 11.3 Å². The zero-order valence-electron chi connectivity index (χ0n) is 27.2. The molecule has 0 aliphatic carbocycles. The van der Waals surface area contributed by atoms with Crippen LogP contribution in [-0.2, 0) is 31.1 Å². The number of carbonyl (C=O) groups is 6. The van der Waals surface area contributed by atoms with Crippen molar-refractivity contribution < 1.29 is 46.7 Å². The molecule has 19 nitrogen and oxygen atoms in total. The molecule has 21 heteroatoms. The highest BCUT2D eigenvalue weighted by atomic mass is 32.2. The standard InChI is InChI=1S/C32H27FN10O9S/c33-27-19-5-4-16(8-15(19)9-23(44)28(27)42-14-25(46)38-53(42,51)52)35-32(50)40-12-18(13-40)41-11-17(37-39-41)10-34-21-3-1-2-20-26(21)31(49)43(30(20)48)22-6-7-24(45)36-29(22)47/h1-5,8-9,11,18,22,34,44H,6-7,10,12-14H2,(H,35,50)(H,38,46)(H,36,45,47). The lowest BCUT2D eigenvalue weighted by Crippen LogP contribution is -2.54. The Morgan fingerprint density at radius 3 is 2.57 bits per heavy atom. The summed E-state index contributed by atoms with van der Waals surface area (Å²) in [5.74, 6) is -5.06. The molecule has 8 rings (SSSR count). The van der Waals surface area contributed by atoms with Crippen molar-refractivity contribution in [1.82, 2.24) is 34.8 Å². The molecular formula is C32H27FN10O9S. The van der Waals surface area contributed by atoms with Crippen LogP contribution in [0.1, 0.15) is 45.3 Å². The van der Waals surface area contributed by atoms with Crippen LogP contribution in [0.25, 0.3) is 10.8 Å². The number of rotatable bonds is 7. The lowest BCUT2D eigenvalue weighted by molar-refractivity contribution is -0.136. The van der Waals surface area contributed by atoms with Gasteiger partial charge in [0.15, 0.2) is 5.82 Å². The van der Waals surface area contributed by atoms with Gasteiger partial charge in [-0.15, -0.1) is 5.10 Å². The molecule has 0 bridgehead atoms. The maximum atomic E-state index is 15.4. The molecule has 3 fully saturated rings. The molecule has 0 saturated carbocycles. The number of nitrogens with zero attached hydrogens (tertiary/aromatic N) is 6. The number of piperidine rings is 1. The summed E-state index contributed by atoms with van der Waals surface area (Å²) >= 11 is 0. The fourth-order valence-corrected chi connectivity index (χ4v) is 7.87. The Labute approximate surface area is 297 Å². The number of aromatic nitrogens is 3. The number of hydrogen-bond acceptors (Lipinski definition) is 12. The molecule has 1 unspecified atom stereocenters. The molecule has 7 amide bonds. The van der Waals surface area contributed by atoms with E-state index in [1.165, 1.54) is 29.2 Å². The minimum absolute atomic E-state index is 0.00976. The molecule has 1 aromatic heterocycles. The summed E-state index contributed by atoms with van der Waals surface area (Å²) in [5, 5.41) is 26.9. The summed E-state index contributed by atoms with van der Waals surface area (Å²) in [5.41, 5.74) is 0.725. The van der Waals surface area contributed by atoms with Gasteiger partial charge in [-0.2, -0.15) is 8.42 Å². The Morgan fingerprint density at radius 1 is 1.04 bits per heavy atom. The molecular weight excluding hydrogens is 719 g/mol. The largest absolute Gasteiger partial charge is 0.506 e. The number of amides is 7. The number of carbonyl (C=O) groups excluding carboxylic acids is 6. The number of imide groups is 2. The molecule has 272 valence electrons. The molecule has 4 aliphatic heterocycles. The van der Waals surface area contributed by atoms with Gasteiger partial charge < -0.3 is 20.6 Å². The molecule has 53 heavy (non-hydrogen) atoms. The highest BCUT2D eigenvalue weighted by Crippen LogP contribution is 2.39. The minimum Gasteiger partial charge on any atom is -0.506 e. The monoisotopic (exact) mass is 746 g/mol. The van der Waals surface area contributed by atoms with Crippen LogP contribution >= 0.6 is 0 Å². The van der Waals surface area contributed by atoms with Crippen LogP contribution in [0.15, 0.2) is 48.7 Å². The lowest BCUT2D eigenvalue weighted by atomic mass is 10.0. The van der Waals surface area contributed by atoms with Gasteiger partial charge in [0, 0.05) is 36.3 Å². The highest BCUT2D eigenvalue weighted by molar-refractivity contribution is 7.92. The van der Waals surface area contributed by atoms with E-state index in [1.54, 1.807) is 27.7 Å². The van der Waals surface area contributed by atoms with Crippen molar-refractivity contribution in [3.05, 3.63) is 71.3 Å². The zero-order chi connectivity index (χ0) is 37.3. The van der Waals surface area contributed by atoms with Gasteiger partial charge in [0.05, 0.1) is 29.9 Å². The minimum atomic E-state index is -4.37. The zero-order valence-corrected chi connectivity index (χ0v) is 28.0. The average Bonchev–Trinajstić information content (AvgIpc) is 3.72. The maximum absolute atomic E-state index is 15.4. The first kappa shape index (κ1) is 33.5. The number of halogens is 1. The van der Waals surface area contributed by atoms with E-state index in [0.717, 1.165) is 11.0 Å². The number of phenols is 1. The third kappa shape index (κ3) is 5.70. The van der Waals surface area contributed by atoms with Crippen LogP contribution in [0.2, 0.25) is 0 Å². The van der Waals surface area contributed by atoms with Crippen LogP contribution in [0.4, 0.5) is 26.2 Å². The number of fused-ring (bicyclic) bond motifs is 2. The summed E-state index contributed by atoms with van der Waals surface area (Å²) in [6, 6.07) is 8.25. The van der Waals surface area contributed by atoms with E-state index in [2.05, 4.69) is 26.3 Å². The fraction of sp³-hybridized carbons (Fsp3) is 0.250. The van der Waals surface area contributed by atoms with Gasteiger partial charge in [0.25, 0.3) is 17.7 Å². The van der Waals surface area contributed by atoms with Crippen LogP contribution in [0.3, 0.4) is 0 Å². The van der Waals surface area contributed by atoms with Gasteiger partial charge in [0.1, 0.15) is 29.7 Å². The maximum Gasteiger partial charge on any atom is 0.326 e. The smallest absolute Gasteiger partial charge is 0.326 e. The van der Waals surface area contributed by atoms with Gasteiger partial charge in [0.2, 0.25) is 11.8 Å². The highest BCUT2D eigenvalue weighted by Gasteiger charge is 2.46. The van der Waals surface area contributed by atoms with Gasteiger partial charge in [-0.25, -0.2) is 22.9 Å². The summed E-state index contributed by atoms with van der Waals surface area (Å²) in [6.07, 6.45) is 1.73. The third-order valence-corrected chi connectivity index (χ3v) is 10.7. The Hall–Kier alpha value is -6.64. The number of urea groups is 1. The number of hydrogen-bond donors (Lipinski definition) is 5. The number of anilines is 3. The van der Waals surface area contributed by atoms with E-state index in [4.69, 9.17) is 0 Å². The second-order valence-corrected chi connectivity index (χ2v) is 14.3. The van der Waals surface area contributed by atoms with Crippen molar-refractivity contribution in [2.24, 2.45) is 0 Å². The summed E-state index contributed by atoms with van der Waals surface area (Å²) in [7, 11) is -4.37. The predicted molar refractivity (Wildman–Crippen MR) is 180 cm³/mol. The predicted octanol–water partition coefficient (Wildman–Crippen LogP) is 0.559. The van der Waals surface area contributed by atoms with Gasteiger partial charge in [-0.3, -0.25) is 34.2 Å². The second kappa shape index (κ2) is 12.3. The Kier molecular flexibility index (Phi) is 7.74. The topological polar surface area (TPSA) is 245 Å². The Morgan fingerprint density at radius 2 is 1.83 bits per heavy atom. The SMILES string of the molecule is O=C1CCC(N2C(=O)c3cccc(NCc4cn(C5CN(C(=O)Nc6ccc7c(F)c(N8CC(=O)NS8(=O)=O)c(O)cc7c6)C5)nn4)c3C2=O)C(=O)N1. The van der Waals surface area contributed by atoms with Crippen LogP contribution in [0, 0.1) is 5.82 Å². The van der Waals surface area contributed by atoms with Gasteiger partial charge >= 0.3 is 16.2 Å². The number of phenolic OH excluding ortho intramolecular Hbond substituents is 1. The molecule has 1 atom stereocenters. The molecule has 3 aromatic carbocycles. The Balaban J connectivity index is 0.880. The first-order valence-corrected chi connectivity index (χ1v) is 17.6. The van der Waals surface area contributed by atoms with Crippen molar-refractivity contribution in [3.63, 3.8) is 0 Å². The van der Waals surface area contributed by atoms with Crippen LogP contribution in [-0.4, -0.2) is 99.6 Å². The van der Waals surface area contributed by atoms with Crippen molar-refractivity contribution >= 4 is 73.6 Å². The molecule has 0 spiro atoms. The molecule has 0 radical (unpaired) electrons.